The topological polar surface area (TPSA) is 52.3 Å². The van der Waals surface area contributed by atoms with E-state index in [9.17, 15) is 4.79 Å². The van der Waals surface area contributed by atoms with Crippen LogP contribution in [0.3, 0.4) is 0 Å². The van der Waals surface area contributed by atoms with E-state index >= 15 is 0 Å². The molecule has 0 aliphatic carbocycles. The number of benzene rings is 1. The highest BCUT2D eigenvalue weighted by Crippen LogP contribution is 2.24. The molecule has 1 rings (SSSR count). The van der Waals surface area contributed by atoms with E-state index in [1.807, 2.05) is 30.3 Å². The third-order valence-corrected chi connectivity index (χ3v) is 2.82. The van der Waals surface area contributed by atoms with Crippen LogP contribution in [0.25, 0.3) is 0 Å². The molecule has 0 spiro atoms. The van der Waals surface area contributed by atoms with Gasteiger partial charge in [-0.1, -0.05) is 43.7 Å². The highest BCUT2D eigenvalue weighted by molar-refractivity contribution is 5.76. The molecule has 2 atom stereocenters. The molecule has 94 valence electrons. The van der Waals surface area contributed by atoms with Crippen LogP contribution in [0.2, 0.25) is 0 Å². The number of esters is 1. The van der Waals surface area contributed by atoms with Crippen molar-refractivity contribution in [2.45, 2.75) is 38.6 Å². The van der Waals surface area contributed by atoms with Crippen LogP contribution in [0, 0.1) is 0 Å². The second-order valence-electron chi connectivity index (χ2n) is 4.08. The first-order chi connectivity index (χ1) is 8.20. The van der Waals surface area contributed by atoms with E-state index in [1.54, 1.807) is 6.92 Å². The number of carbonyl (C=O) groups is 1. The molecule has 17 heavy (non-hydrogen) atoms. The number of carbonyl (C=O) groups excluding carboxylic acids is 1. The molecule has 0 amide bonds. The third kappa shape index (κ3) is 3.86. The Morgan fingerprint density at radius 3 is 2.47 bits per heavy atom. The molecule has 0 aromatic heterocycles. The van der Waals surface area contributed by atoms with E-state index in [2.05, 4.69) is 6.92 Å². The summed E-state index contributed by atoms with van der Waals surface area (Å²) < 4.78 is 4.99. The molecule has 0 heterocycles. The first-order valence-corrected chi connectivity index (χ1v) is 6.17. The average molecular weight is 235 g/mol. The van der Waals surface area contributed by atoms with Crippen molar-refractivity contribution in [3.63, 3.8) is 0 Å². The quantitative estimate of drug-likeness (QED) is 0.771. The van der Waals surface area contributed by atoms with E-state index in [1.165, 1.54) is 0 Å². The van der Waals surface area contributed by atoms with Crippen molar-refractivity contribution in [1.82, 2.24) is 0 Å². The highest BCUT2D eigenvalue weighted by atomic mass is 16.5. The van der Waals surface area contributed by atoms with E-state index in [0.717, 1.165) is 18.4 Å². The van der Waals surface area contributed by atoms with Gasteiger partial charge in [-0.2, -0.15) is 0 Å². The van der Waals surface area contributed by atoms with Gasteiger partial charge in [0, 0.05) is 5.92 Å². The fraction of sp³-hybridized carbons (Fsp3) is 0.500. The normalized spacial score (nSPS) is 14.1. The lowest BCUT2D eigenvalue weighted by molar-refractivity contribution is -0.145. The number of nitrogens with two attached hydrogens (primary N) is 1. The Morgan fingerprint density at radius 2 is 1.94 bits per heavy atom. The second-order valence-corrected chi connectivity index (χ2v) is 4.08. The monoisotopic (exact) mass is 235 g/mol. The Morgan fingerprint density at radius 1 is 1.29 bits per heavy atom. The minimum Gasteiger partial charge on any atom is -0.465 e. The molecule has 0 aliphatic rings. The lowest BCUT2D eigenvalue weighted by atomic mass is 9.88. The fourth-order valence-corrected chi connectivity index (χ4v) is 1.97. The molecule has 1 aromatic rings. The third-order valence-electron chi connectivity index (χ3n) is 2.82. The molecule has 0 bridgehead atoms. The van der Waals surface area contributed by atoms with Gasteiger partial charge in [-0.05, 0) is 18.9 Å². The lowest BCUT2D eigenvalue weighted by Crippen LogP contribution is -2.38. The van der Waals surface area contributed by atoms with Crippen LogP contribution in [0.1, 0.15) is 38.2 Å². The molecule has 0 aliphatic heterocycles. The Hall–Kier alpha value is -1.35. The molecule has 3 heteroatoms. The maximum atomic E-state index is 11.7. The summed E-state index contributed by atoms with van der Waals surface area (Å²) in [5, 5.41) is 0. The molecule has 0 saturated carbocycles. The van der Waals surface area contributed by atoms with Crippen molar-refractivity contribution in [2.24, 2.45) is 5.73 Å². The minimum atomic E-state index is -0.572. The summed E-state index contributed by atoms with van der Waals surface area (Å²) in [6, 6.07) is 9.35. The predicted octanol–water partition coefficient (Wildman–Crippen LogP) is 2.46. The van der Waals surface area contributed by atoms with Gasteiger partial charge in [0.15, 0.2) is 0 Å². The molecule has 0 fully saturated rings. The summed E-state index contributed by atoms with van der Waals surface area (Å²) in [5.41, 5.74) is 7.10. The average Bonchev–Trinajstić information content (AvgIpc) is 2.36. The summed E-state index contributed by atoms with van der Waals surface area (Å²) >= 11 is 0. The first kappa shape index (κ1) is 13.7. The number of ether oxygens (including phenoxy) is 1. The summed E-state index contributed by atoms with van der Waals surface area (Å²) in [7, 11) is 0. The molecule has 0 saturated heterocycles. The SMILES string of the molecule is CCCC(c1ccccc1)C(N)C(=O)OCC. The molecular formula is C14H21NO2. The van der Waals surface area contributed by atoms with Crippen molar-refractivity contribution in [3.8, 4) is 0 Å². The van der Waals surface area contributed by atoms with Crippen LogP contribution in [-0.2, 0) is 9.53 Å². The van der Waals surface area contributed by atoms with Gasteiger partial charge >= 0.3 is 5.97 Å². The minimum absolute atomic E-state index is 0.0419. The standard InChI is InChI=1S/C14H21NO2/c1-3-8-12(11-9-6-5-7-10-11)13(15)14(16)17-4-2/h5-7,9-10,12-13H,3-4,8,15H2,1-2H3. The van der Waals surface area contributed by atoms with Crippen LogP contribution >= 0.6 is 0 Å². The maximum absolute atomic E-state index is 11.7. The zero-order valence-electron chi connectivity index (χ0n) is 10.6. The van der Waals surface area contributed by atoms with Gasteiger partial charge in [-0.15, -0.1) is 0 Å². The molecule has 0 radical (unpaired) electrons. The molecule has 3 nitrogen and oxygen atoms in total. The summed E-state index contributed by atoms with van der Waals surface area (Å²) in [6.07, 6.45) is 1.89. The van der Waals surface area contributed by atoms with Gasteiger partial charge in [0.2, 0.25) is 0 Å². The fourth-order valence-electron chi connectivity index (χ4n) is 1.97. The molecule has 2 unspecified atom stereocenters. The van der Waals surface area contributed by atoms with Crippen molar-refractivity contribution in [3.05, 3.63) is 35.9 Å². The van der Waals surface area contributed by atoms with Crippen LogP contribution in [0.15, 0.2) is 30.3 Å². The number of rotatable bonds is 6. The van der Waals surface area contributed by atoms with E-state index in [4.69, 9.17) is 10.5 Å². The van der Waals surface area contributed by atoms with Crippen LogP contribution in [-0.4, -0.2) is 18.6 Å². The van der Waals surface area contributed by atoms with E-state index in [0.29, 0.717) is 6.61 Å². The first-order valence-electron chi connectivity index (χ1n) is 6.17. The predicted molar refractivity (Wildman–Crippen MR) is 68.7 cm³/mol. The second kappa shape index (κ2) is 7.07. The van der Waals surface area contributed by atoms with Gasteiger partial charge in [-0.25, -0.2) is 0 Å². The summed E-state index contributed by atoms with van der Waals surface area (Å²) in [4.78, 5) is 11.7. The number of hydrogen-bond donors (Lipinski definition) is 1. The largest absolute Gasteiger partial charge is 0.465 e. The van der Waals surface area contributed by atoms with Gasteiger partial charge < -0.3 is 10.5 Å². The molecule has 1 aromatic carbocycles. The molecular weight excluding hydrogens is 214 g/mol. The van der Waals surface area contributed by atoms with Crippen molar-refractivity contribution < 1.29 is 9.53 Å². The van der Waals surface area contributed by atoms with Gasteiger partial charge in [0.05, 0.1) is 6.61 Å². The Kier molecular flexibility index (Phi) is 5.70. The van der Waals surface area contributed by atoms with Crippen LogP contribution < -0.4 is 5.73 Å². The maximum Gasteiger partial charge on any atom is 0.323 e. The summed E-state index contributed by atoms with van der Waals surface area (Å²) in [5.74, 6) is -0.268. The zero-order chi connectivity index (χ0) is 12.7. The highest BCUT2D eigenvalue weighted by Gasteiger charge is 2.26. The van der Waals surface area contributed by atoms with Crippen molar-refractivity contribution in [1.29, 1.82) is 0 Å². The summed E-state index contributed by atoms with van der Waals surface area (Å²) in [6.45, 7) is 4.26. The van der Waals surface area contributed by atoms with E-state index in [-0.39, 0.29) is 11.9 Å². The van der Waals surface area contributed by atoms with Crippen LogP contribution in [0.5, 0.6) is 0 Å². The van der Waals surface area contributed by atoms with E-state index < -0.39 is 6.04 Å². The molecule has 2 N–H and O–H groups in total. The lowest BCUT2D eigenvalue weighted by Gasteiger charge is -2.22. The van der Waals surface area contributed by atoms with Crippen molar-refractivity contribution in [2.75, 3.05) is 6.61 Å². The Bertz CT molecular complexity index is 337. The van der Waals surface area contributed by atoms with Crippen molar-refractivity contribution >= 4 is 5.97 Å². The zero-order valence-corrected chi connectivity index (χ0v) is 10.6. The Balaban J connectivity index is 2.82. The Labute approximate surface area is 103 Å². The van der Waals surface area contributed by atoms with Crippen LogP contribution in [0.4, 0.5) is 0 Å². The van der Waals surface area contributed by atoms with Gasteiger partial charge in [0.1, 0.15) is 6.04 Å². The number of hydrogen-bond acceptors (Lipinski definition) is 3. The van der Waals surface area contributed by atoms with Gasteiger partial charge in [0.25, 0.3) is 0 Å². The van der Waals surface area contributed by atoms with Gasteiger partial charge in [-0.3, -0.25) is 4.79 Å². The smallest absolute Gasteiger partial charge is 0.323 e.